The standard InChI is InChI=1S/C17H24ClF3N4O2.HI/c1-4-22-16(23-11-15(26)25(3)12-17(19,20)21)24(2)9-10-27-14-7-5-13(18)6-8-14;/h5-8H,4,9-12H2,1-3H3,(H,22,23);1H. The van der Waals surface area contributed by atoms with Crippen molar-refractivity contribution in [3.63, 3.8) is 0 Å². The number of carbonyl (C=O) groups excluding carboxylic acids is 1. The van der Waals surface area contributed by atoms with Crippen LogP contribution in [-0.4, -0.2) is 74.7 Å². The van der Waals surface area contributed by atoms with E-state index in [1.807, 2.05) is 6.92 Å². The third-order valence-electron chi connectivity index (χ3n) is 3.41. The predicted molar refractivity (Wildman–Crippen MR) is 115 cm³/mol. The number of aliphatic imine (C=N–C) groups is 1. The molecule has 0 spiro atoms. The van der Waals surface area contributed by atoms with Crippen molar-refractivity contribution in [1.29, 1.82) is 0 Å². The number of rotatable bonds is 8. The van der Waals surface area contributed by atoms with Gasteiger partial charge in [-0.3, -0.25) is 4.79 Å². The molecule has 0 fully saturated rings. The first kappa shape index (κ1) is 26.6. The van der Waals surface area contributed by atoms with Gasteiger partial charge in [-0.25, -0.2) is 4.99 Å². The molecule has 6 nitrogen and oxygen atoms in total. The van der Waals surface area contributed by atoms with Gasteiger partial charge in [0.25, 0.3) is 0 Å². The van der Waals surface area contributed by atoms with E-state index < -0.39 is 18.6 Å². The Labute approximate surface area is 185 Å². The van der Waals surface area contributed by atoms with Crippen LogP contribution in [0.3, 0.4) is 0 Å². The Balaban J connectivity index is 0.00000729. The normalized spacial score (nSPS) is 11.5. The maximum atomic E-state index is 12.3. The van der Waals surface area contributed by atoms with Gasteiger partial charge in [-0.15, -0.1) is 24.0 Å². The van der Waals surface area contributed by atoms with Crippen LogP contribution in [-0.2, 0) is 4.79 Å². The number of alkyl halides is 3. The summed E-state index contributed by atoms with van der Waals surface area (Å²) >= 11 is 5.81. The van der Waals surface area contributed by atoms with Crippen LogP contribution in [0.25, 0.3) is 0 Å². The van der Waals surface area contributed by atoms with Gasteiger partial charge >= 0.3 is 6.18 Å². The van der Waals surface area contributed by atoms with Crippen molar-refractivity contribution >= 4 is 47.4 Å². The van der Waals surface area contributed by atoms with Crippen LogP contribution in [0.15, 0.2) is 29.3 Å². The molecule has 0 bridgehead atoms. The van der Waals surface area contributed by atoms with E-state index in [0.717, 1.165) is 7.05 Å². The lowest BCUT2D eigenvalue weighted by molar-refractivity contribution is -0.157. The molecule has 1 rings (SSSR count). The average Bonchev–Trinajstić information content (AvgIpc) is 2.58. The number of guanidine groups is 1. The number of ether oxygens (including phenoxy) is 1. The third-order valence-corrected chi connectivity index (χ3v) is 3.66. The second-order valence-corrected chi connectivity index (χ2v) is 6.20. The average molecular weight is 537 g/mol. The SMILES string of the molecule is CCNC(=NCC(=O)N(C)CC(F)(F)F)N(C)CCOc1ccc(Cl)cc1.I. The number of halogens is 5. The Bertz CT molecular complexity index is 630. The molecule has 0 aliphatic carbocycles. The Morgan fingerprint density at radius 3 is 2.36 bits per heavy atom. The molecule has 160 valence electrons. The molecule has 0 aliphatic heterocycles. The fourth-order valence-electron chi connectivity index (χ4n) is 2.03. The van der Waals surface area contributed by atoms with Crippen LogP contribution in [0.5, 0.6) is 5.75 Å². The molecular weight excluding hydrogens is 512 g/mol. The van der Waals surface area contributed by atoms with Crippen molar-refractivity contribution in [3.8, 4) is 5.75 Å². The number of carbonyl (C=O) groups is 1. The van der Waals surface area contributed by atoms with Gasteiger partial charge in [-0.2, -0.15) is 13.2 Å². The molecule has 0 aliphatic rings. The lowest BCUT2D eigenvalue weighted by atomic mass is 10.3. The first-order chi connectivity index (χ1) is 12.6. The fraction of sp³-hybridized carbons (Fsp3) is 0.529. The second kappa shape index (κ2) is 12.9. The van der Waals surface area contributed by atoms with Gasteiger partial charge in [0.2, 0.25) is 5.91 Å². The largest absolute Gasteiger partial charge is 0.492 e. The van der Waals surface area contributed by atoms with E-state index in [2.05, 4.69) is 10.3 Å². The van der Waals surface area contributed by atoms with E-state index in [4.69, 9.17) is 16.3 Å². The minimum absolute atomic E-state index is 0. The van der Waals surface area contributed by atoms with Crippen LogP contribution in [0.2, 0.25) is 5.02 Å². The lowest BCUT2D eigenvalue weighted by Crippen LogP contribution is -2.42. The minimum atomic E-state index is -4.44. The maximum absolute atomic E-state index is 12.3. The van der Waals surface area contributed by atoms with E-state index in [-0.39, 0.29) is 30.5 Å². The zero-order chi connectivity index (χ0) is 20.4. The molecule has 1 N–H and O–H groups in total. The Kier molecular flexibility index (Phi) is 12.3. The summed E-state index contributed by atoms with van der Waals surface area (Å²) in [4.78, 5) is 18.3. The molecule has 0 unspecified atom stereocenters. The van der Waals surface area contributed by atoms with E-state index in [0.29, 0.717) is 41.3 Å². The second-order valence-electron chi connectivity index (χ2n) is 5.76. The number of likely N-dealkylation sites (N-methyl/N-ethyl adjacent to an activating group) is 2. The first-order valence-electron chi connectivity index (χ1n) is 8.31. The van der Waals surface area contributed by atoms with Gasteiger partial charge in [0.05, 0.1) is 6.54 Å². The Hall–Kier alpha value is -1.43. The molecule has 1 amide bonds. The molecular formula is C17H25ClF3IN4O2. The summed E-state index contributed by atoms with van der Waals surface area (Å²) < 4.78 is 42.6. The minimum Gasteiger partial charge on any atom is -0.492 e. The number of hydrogen-bond donors (Lipinski definition) is 1. The van der Waals surface area contributed by atoms with Crippen molar-refractivity contribution in [1.82, 2.24) is 15.1 Å². The Morgan fingerprint density at radius 2 is 1.82 bits per heavy atom. The van der Waals surface area contributed by atoms with E-state index in [1.165, 1.54) is 0 Å². The molecule has 1 aromatic carbocycles. The molecule has 0 aromatic heterocycles. The topological polar surface area (TPSA) is 57.2 Å². The van der Waals surface area contributed by atoms with Crippen LogP contribution < -0.4 is 10.1 Å². The molecule has 0 radical (unpaired) electrons. The van der Waals surface area contributed by atoms with E-state index >= 15 is 0 Å². The van der Waals surface area contributed by atoms with Gasteiger partial charge in [0.1, 0.15) is 25.4 Å². The summed E-state index contributed by atoms with van der Waals surface area (Å²) in [7, 11) is 2.85. The van der Waals surface area contributed by atoms with Crippen molar-refractivity contribution in [2.75, 3.05) is 46.9 Å². The fourth-order valence-corrected chi connectivity index (χ4v) is 2.15. The van der Waals surface area contributed by atoms with Gasteiger partial charge in [-0.05, 0) is 31.2 Å². The number of benzene rings is 1. The lowest BCUT2D eigenvalue weighted by Gasteiger charge is -2.23. The Morgan fingerprint density at radius 1 is 1.21 bits per heavy atom. The number of amides is 1. The van der Waals surface area contributed by atoms with Crippen molar-refractivity contribution in [3.05, 3.63) is 29.3 Å². The van der Waals surface area contributed by atoms with Gasteiger partial charge < -0.3 is 19.9 Å². The predicted octanol–water partition coefficient (Wildman–Crippen LogP) is 3.25. The molecule has 28 heavy (non-hydrogen) atoms. The third kappa shape index (κ3) is 10.8. The van der Waals surface area contributed by atoms with Crippen molar-refractivity contribution < 1.29 is 22.7 Å². The molecule has 0 saturated carbocycles. The smallest absolute Gasteiger partial charge is 0.406 e. The summed E-state index contributed by atoms with van der Waals surface area (Å²) in [6.45, 7) is 1.53. The molecule has 0 heterocycles. The van der Waals surface area contributed by atoms with Gasteiger partial charge in [-0.1, -0.05) is 11.6 Å². The molecule has 0 atom stereocenters. The summed E-state index contributed by atoms with van der Waals surface area (Å²) in [5.74, 6) is 0.359. The summed E-state index contributed by atoms with van der Waals surface area (Å²) in [6, 6.07) is 6.93. The van der Waals surface area contributed by atoms with Crippen LogP contribution in [0.4, 0.5) is 13.2 Å². The highest BCUT2D eigenvalue weighted by Gasteiger charge is 2.31. The highest BCUT2D eigenvalue weighted by molar-refractivity contribution is 14.0. The number of nitrogens with one attached hydrogen (secondary N) is 1. The van der Waals surface area contributed by atoms with Crippen molar-refractivity contribution in [2.24, 2.45) is 4.99 Å². The first-order valence-corrected chi connectivity index (χ1v) is 8.68. The van der Waals surface area contributed by atoms with Crippen molar-refractivity contribution in [2.45, 2.75) is 13.1 Å². The summed E-state index contributed by atoms with van der Waals surface area (Å²) in [5, 5.41) is 3.60. The number of nitrogens with zero attached hydrogens (tertiary/aromatic N) is 3. The highest BCUT2D eigenvalue weighted by Crippen LogP contribution is 2.16. The zero-order valence-corrected chi connectivity index (χ0v) is 19.0. The number of hydrogen-bond acceptors (Lipinski definition) is 3. The highest BCUT2D eigenvalue weighted by atomic mass is 127. The van der Waals surface area contributed by atoms with Crippen LogP contribution in [0, 0.1) is 0 Å². The summed E-state index contributed by atoms with van der Waals surface area (Å²) in [5.41, 5.74) is 0. The van der Waals surface area contributed by atoms with Crippen LogP contribution in [0.1, 0.15) is 6.92 Å². The quantitative estimate of drug-likeness (QED) is 0.315. The van der Waals surface area contributed by atoms with Crippen LogP contribution >= 0.6 is 35.6 Å². The molecule has 1 aromatic rings. The van der Waals surface area contributed by atoms with E-state index in [9.17, 15) is 18.0 Å². The zero-order valence-electron chi connectivity index (χ0n) is 15.9. The maximum Gasteiger partial charge on any atom is 0.406 e. The van der Waals surface area contributed by atoms with Gasteiger partial charge in [0, 0.05) is 25.7 Å². The monoisotopic (exact) mass is 536 g/mol. The molecule has 11 heteroatoms. The summed E-state index contributed by atoms with van der Waals surface area (Å²) in [6.07, 6.45) is -4.44. The molecule has 0 saturated heterocycles. The van der Waals surface area contributed by atoms with E-state index in [1.54, 1.807) is 36.2 Å². The van der Waals surface area contributed by atoms with Gasteiger partial charge in [0.15, 0.2) is 5.96 Å².